The molecule has 3 aromatic rings. The summed E-state index contributed by atoms with van der Waals surface area (Å²) in [6.07, 6.45) is 16.3. The van der Waals surface area contributed by atoms with Crippen LogP contribution in [0.5, 0.6) is 5.75 Å². The molecule has 1 aliphatic rings. The normalized spacial score (nSPS) is 15.4. The minimum Gasteiger partial charge on any atom is -0.490 e. The van der Waals surface area contributed by atoms with Crippen molar-refractivity contribution >= 4 is 0 Å². The van der Waals surface area contributed by atoms with Crippen LogP contribution in [0, 0.1) is 0 Å². The second-order valence-corrected chi connectivity index (χ2v) is 10.2. The number of imidazole rings is 2. The molecule has 1 N–H and O–H groups in total. The minimum absolute atomic E-state index is 0.355. The maximum Gasteiger partial charge on any atom is 0.122 e. The second kappa shape index (κ2) is 13.6. The quantitative estimate of drug-likeness (QED) is 0.291. The summed E-state index contributed by atoms with van der Waals surface area (Å²) in [6, 6.07) is 6.75. The summed E-state index contributed by atoms with van der Waals surface area (Å²) in [4.78, 5) is 17.2. The number of unbranched alkanes of at least 4 members (excludes halogenated alkanes) is 1. The van der Waals surface area contributed by atoms with E-state index in [-0.39, 0.29) is 0 Å². The van der Waals surface area contributed by atoms with Crippen LogP contribution in [0.15, 0.2) is 43.0 Å². The van der Waals surface area contributed by atoms with Crippen molar-refractivity contribution in [2.45, 2.75) is 84.5 Å². The summed E-state index contributed by atoms with van der Waals surface area (Å²) in [7, 11) is 2.05. The molecule has 0 amide bonds. The molecule has 0 bridgehead atoms. The Bertz CT molecular complexity index is 1020. The van der Waals surface area contributed by atoms with Gasteiger partial charge in [0.2, 0.25) is 0 Å². The molecule has 7 nitrogen and oxygen atoms in total. The summed E-state index contributed by atoms with van der Waals surface area (Å²) < 4.78 is 8.51. The van der Waals surface area contributed by atoms with Gasteiger partial charge in [0.25, 0.3) is 0 Å². The van der Waals surface area contributed by atoms with E-state index >= 15 is 0 Å². The van der Waals surface area contributed by atoms with Gasteiger partial charge in [-0.1, -0.05) is 26.0 Å². The van der Waals surface area contributed by atoms with Gasteiger partial charge in [0.1, 0.15) is 17.4 Å². The van der Waals surface area contributed by atoms with E-state index in [9.17, 15) is 0 Å². The first kappa shape index (κ1) is 26.4. The first-order valence-electron chi connectivity index (χ1n) is 13.8. The lowest BCUT2D eigenvalue weighted by atomic mass is 9.97. The first-order valence-corrected chi connectivity index (χ1v) is 13.8. The Labute approximate surface area is 216 Å². The highest BCUT2D eigenvalue weighted by atomic mass is 16.5. The summed E-state index contributed by atoms with van der Waals surface area (Å²) in [5, 5.41) is 0. The zero-order chi connectivity index (χ0) is 25.2. The van der Waals surface area contributed by atoms with Crippen molar-refractivity contribution in [3.8, 4) is 5.75 Å². The Morgan fingerprint density at radius 3 is 2.58 bits per heavy atom. The number of hydrogen-bond acceptors (Lipinski definition) is 5. The Morgan fingerprint density at radius 1 is 1.00 bits per heavy atom. The number of nitrogens with one attached hydrogen (secondary N) is 1. The van der Waals surface area contributed by atoms with Crippen LogP contribution in [0.2, 0.25) is 0 Å². The zero-order valence-corrected chi connectivity index (χ0v) is 22.5. The number of rotatable bonds is 15. The van der Waals surface area contributed by atoms with E-state index in [1.807, 2.05) is 31.8 Å². The van der Waals surface area contributed by atoms with Gasteiger partial charge in [0.05, 0.1) is 19.2 Å². The topological polar surface area (TPSA) is 62.2 Å². The van der Waals surface area contributed by atoms with E-state index in [1.165, 1.54) is 56.4 Å². The van der Waals surface area contributed by atoms with Crippen LogP contribution < -0.4 is 4.74 Å². The first-order chi connectivity index (χ1) is 17.6. The minimum atomic E-state index is 0.355. The van der Waals surface area contributed by atoms with Gasteiger partial charge in [0.15, 0.2) is 0 Å². The summed E-state index contributed by atoms with van der Waals surface area (Å²) in [5.74, 6) is 3.11. The number of fused-ring (bicyclic) bond motifs is 1. The van der Waals surface area contributed by atoms with Crippen molar-refractivity contribution in [1.29, 1.82) is 0 Å². The number of benzene rings is 1. The molecule has 7 heteroatoms. The molecular formula is C29H44N6O. The third-order valence-corrected chi connectivity index (χ3v) is 7.10. The van der Waals surface area contributed by atoms with Gasteiger partial charge < -0.3 is 19.2 Å². The van der Waals surface area contributed by atoms with Crippen molar-refractivity contribution in [3.63, 3.8) is 0 Å². The molecule has 0 aliphatic carbocycles. The molecule has 3 heterocycles. The molecule has 36 heavy (non-hydrogen) atoms. The predicted molar refractivity (Wildman–Crippen MR) is 145 cm³/mol. The van der Waals surface area contributed by atoms with Crippen LogP contribution in [-0.2, 0) is 33.1 Å². The zero-order valence-electron chi connectivity index (χ0n) is 22.5. The van der Waals surface area contributed by atoms with Gasteiger partial charge in [-0.3, -0.25) is 4.90 Å². The third-order valence-electron chi connectivity index (χ3n) is 7.10. The molecule has 196 valence electrons. The van der Waals surface area contributed by atoms with Gasteiger partial charge >= 0.3 is 0 Å². The molecule has 1 atom stereocenters. The van der Waals surface area contributed by atoms with Crippen LogP contribution in [0.1, 0.15) is 75.1 Å². The van der Waals surface area contributed by atoms with Crippen molar-refractivity contribution < 1.29 is 4.74 Å². The number of hydrogen-bond donors (Lipinski definition) is 1. The van der Waals surface area contributed by atoms with Crippen LogP contribution in [0.25, 0.3) is 0 Å². The standard InChI is InChI=1S/C29H44N6O/c1-4-16-34(17-5-2)18-7-6-8-26-11-10-25-20-24(9-12-27(25)36-26)21-35(22-28-30-13-14-31-28)23-29-32-15-19-33(29)3/h9,12-15,19-20,26H,4-8,10-11,16-18,21-23H2,1-3H3,(H,30,31). The van der Waals surface area contributed by atoms with Crippen LogP contribution in [0.4, 0.5) is 0 Å². The Balaban J connectivity index is 1.30. The Kier molecular flexibility index (Phi) is 9.99. The van der Waals surface area contributed by atoms with Crippen molar-refractivity contribution in [3.05, 3.63) is 65.8 Å². The Morgan fingerprint density at radius 2 is 1.86 bits per heavy atom. The number of nitrogens with zero attached hydrogens (tertiary/aromatic N) is 5. The van der Waals surface area contributed by atoms with E-state index in [0.717, 1.165) is 56.3 Å². The molecule has 1 unspecified atom stereocenters. The third kappa shape index (κ3) is 7.68. The molecule has 0 radical (unpaired) electrons. The van der Waals surface area contributed by atoms with Gasteiger partial charge in [-0.15, -0.1) is 0 Å². The average molecular weight is 493 g/mol. The monoisotopic (exact) mass is 492 g/mol. The molecular weight excluding hydrogens is 448 g/mol. The lowest BCUT2D eigenvalue weighted by Crippen LogP contribution is -2.27. The van der Waals surface area contributed by atoms with E-state index < -0.39 is 0 Å². The maximum absolute atomic E-state index is 6.42. The fourth-order valence-electron chi connectivity index (χ4n) is 5.25. The Hall–Kier alpha value is -2.64. The second-order valence-electron chi connectivity index (χ2n) is 10.2. The fourth-order valence-corrected chi connectivity index (χ4v) is 5.25. The fraction of sp³-hybridized carbons (Fsp3) is 0.586. The predicted octanol–water partition coefficient (Wildman–Crippen LogP) is 5.33. The van der Waals surface area contributed by atoms with Crippen molar-refractivity contribution in [2.24, 2.45) is 7.05 Å². The highest BCUT2D eigenvalue weighted by molar-refractivity contribution is 5.39. The summed E-state index contributed by atoms with van der Waals surface area (Å²) >= 11 is 0. The SMILES string of the molecule is CCCN(CCC)CCCCC1CCc2cc(CN(Cc3ncc[nH]3)Cc3nccn3C)ccc2O1. The van der Waals surface area contributed by atoms with Crippen molar-refractivity contribution in [1.82, 2.24) is 29.3 Å². The number of aromatic nitrogens is 4. The number of H-pyrrole nitrogens is 1. The molecule has 0 fully saturated rings. The molecule has 0 saturated heterocycles. The summed E-state index contributed by atoms with van der Waals surface area (Å²) in [6.45, 7) is 10.6. The molecule has 0 spiro atoms. The lowest BCUT2D eigenvalue weighted by molar-refractivity contribution is 0.157. The van der Waals surface area contributed by atoms with Gasteiger partial charge in [-0.05, 0) is 81.8 Å². The molecule has 2 aromatic heterocycles. The number of ether oxygens (including phenoxy) is 1. The molecule has 1 aromatic carbocycles. The largest absolute Gasteiger partial charge is 0.490 e. The molecule has 1 aliphatic heterocycles. The van der Waals surface area contributed by atoms with E-state index in [4.69, 9.17) is 4.74 Å². The van der Waals surface area contributed by atoms with E-state index in [0.29, 0.717) is 6.10 Å². The molecule has 0 saturated carbocycles. The average Bonchev–Trinajstić information content (AvgIpc) is 3.54. The van der Waals surface area contributed by atoms with E-state index in [2.05, 4.69) is 61.4 Å². The van der Waals surface area contributed by atoms with Gasteiger partial charge in [-0.2, -0.15) is 0 Å². The highest BCUT2D eigenvalue weighted by Gasteiger charge is 2.21. The van der Waals surface area contributed by atoms with E-state index in [1.54, 1.807) is 0 Å². The van der Waals surface area contributed by atoms with Crippen LogP contribution in [0.3, 0.4) is 0 Å². The number of aromatic amines is 1. The van der Waals surface area contributed by atoms with Crippen LogP contribution in [-0.4, -0.2) is 55.1 Å². The highest BCUT2D eigenvalue weighted by Crippen LogP contribution is 2.31. The smallest absolute Gasteiger partial charge is 0.122 e. The summed E-state index contributed by atoms with van der Waals surface area (Å²) in [5.41, 5.74) is 2.65. The lowest BCUT2D eigenvalue weighted by Gasteiger charge is -2.28. The van der Waals surface area contributed by atoms with Crippen molar-refractivity contribution in [2.75, 3.05) is 19.6 Å². The number of aryl methyl sites for hydroxylation is 2. The molecule has 4 rings (SSSR count). The van der Waals surface area contributed by atoms with Gasteiger partial charge in [0, 0.05) is 38.4 Å². The van der Waals surface area contributed by atoms with Gasteiger partial charge in [-0.25, -0.2) is 9.97 Å². The maximum atomic E-state index is 6.42. The van der Waals surface area contributed by atoms with Crippen LogP contribution >= 0.6 is 0 Å².